The quantitative estimate of drug-likeness (QED) is 0.514. The van der Waals surface area contributed by atoms with Gasteiger partial charge in [0.1, 0.15) is 6.04 Å². The lowest BCUT2D eigenvalue weighted by Crippen LogP contribution is -2.57. The van der Waals surface area contributed by atoms with Crippen molar-refractivity contribution in [2.45, 2.75) is 75.3 Å². The number of carbonyl (C=O) groups is 3. The summed E-state index contributed by atoms with van der Waals surface area (Å²) < 4.78 is 0. The number of rotatable bonds is 8. The highest BCUT2D eigenvalue weighted by Gasteiger charge is 2.48. The first-order valence-electron chi connectivity index (χ1n) is 13.4. The van der Waals surface area contributed by atoms with E-state index < -0.39 is 11.6 Å². The fourth-order valence-electron chi connectivity index (χ4n) is 5.91. The summed E-state index contributed by atoms with van der Waals surface area (Å²) in [5.74, 6) is -0.472. The van der Waals surface area contributed by atoms with Gasteiger partial charge in [0.2, 0.25) is 17.7 Å². The second kappa shape index (κ2) is 11.1. The Morgan fingerprint density at radius 2 is 1.70 bits per heavy atom. The third-order valence-electron chi connectivity index (χ3n) is 8.09. The average Bonchev–Trinajstić information content (AvgIpc) is 3.21. The molecule has 0 radical (unpaired) electrons. The molecule has 198 valence electrons. The summed E-state index contributed by atoms with van der Waals surface area (Å²) in [6.45, 7) is 4.51. The van der Waals surface area contributed by atoms with E-state index in [1.54, 1.807) is 20.9 Å². The lowest BCUT2D eigenvalue weighted by Gasteiger charge is -2.41. The number of carbonyl (C=O) groups excluding carboxylic acids is 3. The van der Waals surface area contributed by atoms with E-state index in [0.29, 0.717) is 19.5 Å². The van der Waals surface area contributed by atoms with Crippen LogP contribution in [0.1, 0.15) is 68.6 Å². The van der Waals surface area contributed by atoms with Gasteiger partial charge in [-0.1, -0.05) is 54.6 Å². The van der Waals surface area contributed by atoms with E-state index >= 15 is 0 Å². The fraction of sp³-hybridized carbons (Fsp3) is 0.500. The van der Waals surface area contributed by atoms with Crippen molar-refractivity contribution in [1.82, 2.24) is 15.5 Å². The summed E-state index contributed by atoms with van der Waals surface area (Å²) in [5, 5.41) is 5.76. The van der Waals surface area contributed by atoms with E-state index in [4.69, 9.17) is 5.73 Å². The zero-order valence-corrected chi connectivity index (χ0v) is 22.3. The Labute approximate surface area is 220 Å². The minimum absolute atomic E-state index is 0.0466. The van der Waals surface area contributed by atoms with E-state index in [-0.39, 0.29) is 29.1 Å². The molecule has 2 aromatic carbocycles. The van der Waals surface area contributed by atoms with Gasteiger partial charge in [-0.15, -0.1) is 0 Å². The number of hydrogen-bond acceptors (Lipinski definition) is 4. The molecular weight excluding hydrogens is 464 g/mol. The summed E-state index contributed by atoms with van der Waals surface area (Å²) in [6, 6.07) is 17.8. The van der Waals surface area contributed by atoms with E-state index in [2.05, 4.69) is 34.9 Å². The maximum absolute atomic E-state index is 13.7. The molecule has 1 spiro atoms. The van der Waals surface area contributed by atoms with Crippen LogP contribution >= 0.6 is 0 Å². The molecule has 1 heterocycles. The number of nitrogens with two attached hydrogens (primary N) is 1. The van der Waals surface area contributed by atoms with Crippen molar-refractivity contribution >= 4 is 17.7 Å². The van der Waals surface area contributed by atoms with Gasteiger partial charge in [-0.2, -0.15) is 0 Å². The van der Waals surface area contributed by atoms with Crippen molar-refractivity contribution in [3.8, 4) is 0 Å². The summed E-state index contributed by atoms with van der Waals surface area (Å²) >= 11 is 0. The Morgan fingerprint density at radius 3 is 2.35 bits per heavy atom. The van der Waals surface area contributed by atoms with Crippen LogP contribution in [0.15, 0.2) is 54.6 Å². The van der Waals surface area contributed by atoms with Crippen LogP contribution in [0.4, 0.5) is 0 Å². The number of fused-ring (bicyclic) bond motifs is 2. The molecule has 1 fully saturated rings. The van der Waals surface area contributed by atoms with E-state index in [1.165, 1.54) is 11.1 Å². The Hall–Kier alpha value is -3.19. The largest absolute Gasteiger partial charge is 0.359 e. The van der Waals surface area contributed by atoms with Crippen LogP contribution in [0.2, 0.25) is 0 Å². The Balaban J connectivity index is 1.45. The van der Waals surface area contributed by atoms with Crippen LogP contribution in [0.25, 0.3) is 0 Å². The topological polar surface area (TPSA) is 105 Å². The van der Waals surface area contributed by atoms with Crippen LogP contribution in [-0.2, 0) is 26.2 Å². The number of nitrogens with zero attached hydrogens (tertiary/aromatic N) is 1. The third-order valence-corrected chi connectivity index (χ3v) is 8.09. The Morgan fingerprint density at radius 1 is 1.05 bits per heavy atom. The number of likely N-dealkylation sites (N-methyl/N-ethyl adjacent to an activating group) is 1. The van der Waals surface area contributed by atoms with Crippen LogP contribution in [-0.4, -0.2) is 54.3 Å². The molecule has 4 N–H and O–H groups in total. The number of piperidine rings is 1. The molecule has 37 heavy (non-hydrogen) atoms. The molecule has 0 aromatic heterocycles. The summed E-state index contributed by atoms with van der Waals surface area (Å²) in [4.78, 5) is 40.9. The molecule has 1 aliphatic heterocycles. The maximum Gasteiger partial charge on any atom is 0.245 e. The molecular formula is C30H40N4O3. The van der Waals surface area contributed by atoms with Crippen molar-refractivity contribution in [2.75, 3.05) is 20.1 Å². The van der Waals surface area contributed by atoms with Crippen LogP contribution in [0.5, 0.6) is 0 Å². The first-order chi connectivity index (χ1) is 17.6. The highest BCUT2D eigenvalue weighted by Crippen LogP contribution is 2.51. The summed E-state index contributed by atoms with van der Waals surface area (Å²) in [6.07, 6.45) is 4.55. The van der Waals surface area contributed by atoms with Gasteiger partial charge in [0.25, 0.3) is 0 Å². The molecule has 1 aliphatic carbocycles. The molecule has 2 aliphatic rings. The van der Waals surface area contributed by atoms with Gasteiger partial charge in [-0.25, -0.2) is 0 Å². The summed E-state index contributed by atoms with van der Waals surface area (Å²) in [5.41, 5.74) is 8.43. The predicted octanol–water partition coefficient (Wildman–Crippen LogP) is 3.03. The van der Waals surface area contributed by atoms with E-state index in [1.807, 2.05) is 35.2 Å². The molecule has 4 rings (SSSR count). The monoisotopic (exact) mass is 504 g/mol. The molecule has 3 amide bonds. The van der Waals surface area contributed by atoms with Crippen LogP contribution in [0, 0.1) is 0 Å². The number of hydrogen-bond donors (Lipinski definition) is 3. The second-order valence-corrected chi connectivity index (χ2v) is 11.2. The van der Waals surface area contributed by atoms with E-state index in [0.717, 1.165) is 37.7 Å². The van der Waals surface area contributed by atoms with E-state index in [9.17, 15) is 14.4 Å². The van der Waals surface area contributed by atoms with Crippen molar-refractivity contribution in [3.05, 3.63) is 71.3 Å². The minimum Gasteiger partial charge on any atom is -0.359 e. The molecule has 2 aromatic rings. The average molecular weight is 505 g/mol. The second-order valence-electron chi connectivity index (χ2n) is 11.2. The molecule has 7 nitrogen and oxygen atoms in total. The van der Waals surface area contributed by atoms with Gasteiger partial charge >= 0.3 is 0 Å². The molecule has 0 unspecified atom stereocenters. The van der Waals surface area contributed by atoms with Crippen molar-refractivity contribution < 1.29 is 14.4 Å². The first kappa shape index (κ1) is 26.9. The Bertz CT molecular complexity index is 1120. The zero-order chi connectivity index (χ0) is 26.6. The standard InChI is InChI=1S/C30H40N4O3/c1-29(2,31)28(37)33-25(15-9-12-21-10-5-4-6-11-21)27(36)34-18-16-30(17-19-34)20-23(26(35)32-3)22-13-7-8-14-24(22)30/h4-8,10-11,13-14,23,25H,9,12,15-20,31H2,1-3H3,(H,32,35)(H,33,37)/t23-,25-/m1/s1. The zero-order valence-electron chi connectivity index (χ0n) is 22.3. The maximum atomic E-state index is 13.7. The molecule has 0 saturated carbocycles. The smallest absolute Gasteiger partial charge is 0.245 e. The number of likely N-dealkylation sites (tertiary alicyclic amines) is 1. The van der Waals surface area contributed by atoms with Gasteiger partial charge in [-0.3, -0.25) is 14.4 Å². The predicted molar refractivity (Wildman–Crippen MR) is 145 cm³/mol. The van der Waals surface area contributed by atoms with Gasteiger partial charge in [0, 0.05) is 25.6 Å². The lowest BCUT2D eigenvalue weighted by molar-refractivity contribution is -0.139. The highest BCUT2D eigenvalue weighted by atomic mass is 16.2. The number of aryl methyl sites for hydroxylation is 1. The Kier molecular flexibility index (Phi) is 8.02. The highest BCUT2D eigenvalue weighted by molar-refractivity contribution is 5.91. The van der Waals surface area contributed by atoms with Crippen molar-refractivity contribution in [3.63, 3.8) is 0 Å². The normalized spacial score (nSPS) is 19.2. The van der Waals surface area contributed by atoms with Gasteiger partial charge in [0.05, 0.1) is 11.5 Å². The van der Waals surface area contributed by atoms with Crippen LogP contribution < -0.4 is 16.4 Å². The third kappa shape index (κ3) is 5.87. The van der Waals surface area contributed by atoms with Gasteiger partial charge in [0.15, 0.2) is 0 Å². The van der Waals surface area contributed by atoms with Gasteiger partial charge in [-0.05, 0) is 69.1 Å². The molecule has 0 bridgehead atoms. The van der Waals surface area contributed by atoms with Crippen molar-refractivity contribution in [2.24, 2.45) is 5.73 Å². The van der Waals surface area contributed by atoms with Gasteiger partial charge < -0.3 is 21.3 Å². The minimum atomic E-state index is -1.06. The summed E-state index contributed by atoms with van der Waals surface area (Å²) in [7, 11) is 1.69. The SMILES string of the molecule is CNC(=O)[C@@H]1CC2(CCN(C(=O)[C@@H](CCCc3ccccc3)NC(=O)C(C)(C)N)CC2)c2ccccc21. The lowest BCUT2D eigenvalue weighted by atomic mass is 9.73. The number of benzene rings is 2. The molecule has 7 heteroatoms. The van der Waals surface area contributed by atoms with Crippen LogP contribution in [0.3, 0.4) is 0 Å². The number of nitrogens with one attached hydrogen (secondary N) is 2. The van der Waals surface area contributed by atoms with Crippen molar-refractivity contribution in [1.29, 1.82) is 0 Å². The first-order valence-corrected chi connectivity index (χ1v) is 13.4. The number of amides is 3. The molecule has 1 saturated heterocycles. The molecule has 2 atom stereocenters. The fourth-order valence-corrected chi connectivity index (χ4v) is 5.91.